The highest BCUT2D eigenvalue weighted by Crippen LogP contribution is 2.12. The van der Waals surface area contributed by atoms with Crippen LogP contribution in [-0.4, -0.2) is 40.0 Å². The Balaban J connectivity index is 1.61. The van der Waals surface area contributed by atoms with Crippen molar-refractivity contribution < 1.29 is 4.79 Å². The lowest BCUT2D eigenvalue weighted by Gasteiger charge is -2.29. The summed E-state index contributed by atoms with van der Waals surface area (Å²) in [5.74, 6) is 0.337. The lowest BCUT2D eigenvalue weighted by Crippen LogP contribution is -2.50. The SMILES string of the molecule is CC1CCNCC1NC(=O)c1cn(Cc2cccs2)nn1. The zero-order valence-corrected chi connectivity index (χ0v) is 12.8. The molecule has 1 saturated heterocycles. The van der Waals surface area contributed by atoms with Gasteiger partial charge in [0.15, 0.2) is 5.69 Å². The van der Waals surface area contributed by atoms with Gasteiger partial charge in [-0.25, -0.2) is 4.68 Å². The van der Waals surface area contributed by atoms with Gasteiger partial charge < -0.3 is 10.6 Å². The van der Waals surface area contributed by atoms with Crippen LogP contribution in [0.5, 0.6) is 0 Å². The third-order valence-electron chi connectivity index (χ3n) is 3.81. The molecule has 2 aromatic heterocycles. The molecule has 2 unspecified atom stereocenters. The van der Waals surface area contributed by atoms with E-state index in [-0.39, 0.29) is 11.9 Å². The van der Waals surface area contributed by atoms with Gasteiger partial charge in [0, 0.05) is 17.5 Å². The maximum Gasteiger partial charge on any atom is 0.273 e. The zero-order chi connectivity index (χ0) is 14.7. The van der Waals surface area contributed by atoms with Gasteiger partial charge in [-0.1, -0.05) is 18.2 Å². The number of hydrogen-bond donors (Lipinski definition) is 2. The number of nitrogens with zero attached hydrogens (tertiary/aromatic N) is 3. The summed E-state index contributed by atoms with van der Waals surface area (Å²) in [6, 6.07) is 4.21. The van der Waals surface area contributed by atoms with E-state index in [2.05, 4.69) is 27.9 Å². The van der Waals surface area contributed by atoms with Crippen LogP contribution in [0.1, 0.15) is 28.7 Å². The average molecular weight is 305 g/mol. The minimum Gasteiger partial charge on any atom is -0.346 e. The highest BCUT2D eigenvalue weighted by Gasteiger charge is 2.24. The fourth-order valence-corrected chi connectivity index (χ4v) is 3.16. The van der Waals surface area contributed by atoms with Crippen molar-refractivity contribution in [3.05, 3.63) is 34.3 Å². The van der Waals surface area contributed by atoms with Crippen molar-refractivity contribution in [1.29, 1.82) is 0 Å². The van der Waals surface area contributed by atoms with Crippen molar-refractivity contribution in [3.63, 3.8) is 0 Å². The van der Waals surface area contributed by atoms with Crippen molar-refractivity contribution >= 4 is 17.2 Å². The van der Waals surface area contributed by atoms with E-state index in [1.807, 2.05) is 17.5 Å². The zero-order valence-electron chi connectivity index (χ0n) is 12.0. The van der Waals surface area contributed by atoms with E-state index in [9.17, 15) is 4.79 Å². The number of thiophene rings is 1. The lowest BCUT2D eigenvalue weighted by molar-refractivity contribution is 0.0910. The summed E-state index contributed by atoms with van der Waals surface area (Å²) in [6.07, 6.45) is 2.78. The summed E-state index contributed by atoms with van der Waals surface area (Å²) >= 11 is 1.67. The third kappa shape index (κ3) is 3.48. The van der Waals surface area contributed by atoms with Gasteiger partial charge in [0.2, 0.25) is 0 Å². The highest BCUT2D eigenvalue weighted by molar-refractivity contribution is 7.09. The van der Waals surface area contributed by atoms with Crippen molar-refractivity contribution in [2.24, 2.45) is 5.92 Å². The van der Waals surface area contributed by atoms with Crippen molar-refractivity contribution in [3.8, 4) is 0 Å². The molecule has 7 heteroatoms. The molecule has 6 nitrogen and oxygen atoms in total. The molecule has 0 saturated carbocycles. The number of amides is 1. The van der Waals surface area contributed by atoms with Gasteiger partial charge in [-0.2, -0.15) is 0 Å². The van der Waals surface area contributed by atoms with Crippen molar-refractivity contribution in [2.45, 2.75) is 25.9 Å². The highest BCUT2D eigenvalue weighted by atomic mass is 32.1. The minimum absolute atomic E-state index is 0.145. The Kier molecular flexibility index (Phi) is 4.31. The van der Waals surface area contributed by atoms with E-state index in [0.717, 1.165) is 19.5 Å². The predicted molar refractivity (Wildman–Crippen MR) is 81.3 cm³/mol. The number of rotatable bonds is 4. The molecular weight excluding hydrogens is 286 g/mol. The van der Waals surface area contributed by atoms with Crippen LogP contribution in [0.4, 0.5) is 0 Å². The smallest absolute Gasteiger partial charge is 0.273 e. The summed E-state index contributed by atoms with van der Waals surface area (Å²) in [5.41, 5.74) is 0.379. The predicted octanol–water partition coefficient (Wildman–Crippen LogP) is 1.12. The van der Waals surface area contributed by atoms with E-state index in [4.69, 9.17) is 0 Å². The molecule has 1 amide bonds. The molecule has 21 heavy (non-hydrogen) atoms. The van der Waals surface area contributed by atoms with Crippen LogP contribution >= 0.6 is 11.3 Å². The number of hydrogen-bond acceptors (Lipinski definition) is 5. The number of nitrogens with one attached hydrogen (secondary N) is 2. The summed E-state index contributed by atoms with van der Waals surface area (Å²) < 4.78 is 1.70. The first kappa shape index (κ1) is 14.2. The summed E-state index contributed by atoms with van der Waals surface area (Å²) in [4.78, 5) is 13.4. The average Bonchev–Trinajstić information content (AvgIpc) is 3.13. The molecular formula is C14H19N5OS. The number of carbonyl (C=O) groups excluding carboxylic acids is 1. The monoisotopic (exact) mass is 305 g/mol. The molecule has 0 aliphatic carbocycles. The lowest BCUT2D eigenvalue weighted by atomic mass is 9.95. The topological polar surface area (TPSA) is 71.8 Å². The van der Waals surface area contributed by atoms with E-state index in [0.29, 0.717) is 18.2 Å². The van der Waals surface area contributed by atoms with Crippen molar-refractivity contribution in [1.82, 2.24) is 25.6 Å². The molecule has 0 bridgehead atoms. The van der Waals surface area contributed by atoms with Crippen LogP contribution in [0, 0.1) is 5.92 Å². The second-order valence-electron chi connectivity index (χ2n) is 5.43. The van der Waals surface area contributed by atoms with Gasteiger partial charge in [0.1, 0.15) is 0 Å². The molecule has 3 rings (SSSR count). The van der Waals surface area contributed by atoms with Crippen LogP contribution in [0.3, 0.4) is 0 Å². The van der Waals surface area contributed by atoms with E-state index in [1.165, 1.54) is 4.88 Å². The van der Waals surface area contributed by atoms with E-state index >= 15 is 0 Å². The molecule has 1 aliphatic heterocycles. The number of aromatic nitrogens is 3. The molecule has 112 valence electrons. The quantitative estimate of drug-likeness (QED) is 0.888. The van der Waals surface area contributed by atoms with Crippen LogP contribution in [0.2, 0.25) is 0 Å². The standard InChI is InChI=1S/C14H19N5OS/c1-10-4-5-15-7-12(10)16-14(20)13-9-19(18-17-13)8-11-3-2-6-21-11/h2-3,6,9-10,12,15H,4-5,7-8H2,1H3,(H,16,20). The Labute approximate surface area is 127 Å². The Morgan fingerprint density at radius 2 is 2.52 bits per heavy atom. The molecule has 1 fully saturated rings. The maximum absolute atomic E-state index is 12.2. The molecule has 2 N–H and O–H groups in total. The summed E-state index contributed by atoms with van der Waals surface area (Å²) in [6.45, 7) is 4.65. The molecule has 2 atom stereocenters. The van der Waals surface area contributed by atoms with Gasteiger partial charge in [0.05, 0.1) is 12.7 Å². The van der Waals surface area contributed by atoms with Crippen molar-refractivity contribution in [2.75, 3.05) is 13.1 Å². The van der Waals surface area contributed by atoms with Gasteiger partial charge >= 0.3 is 0 Å². The van der Waals surface area contributed by atoms with E-state index in [1.54, 1.807) is 22.2 Å². The van der Waals surface area contributed by atoms with Crippen LogP contribution in [0.15, 0.2) is 23.7 Å². The molecule has 0 radical (unpaired) electrons. The maximum atomic E-state index is 12.2. The molecule has 2 aromatic rings. The van der Waals surface area contributed by atoms with Gasteiger partial charge in [-0.05, 0) is 30.3 Å². The fraction of sp³-hybridized carbons (Fsp3) is 0.500. The largest absolute Gasteiger partial charge is 0.346 e. The molecule has 3 heterocycles. The third-order valence-corrected chi connectivity index (χ3v) is 4.67. The van der Waals surface area contributed by atoms with E-state index < -0.39 is 0 Å². The second kappa shape index (κ2) is 6.36. The number of carbonyl (C=O) groups is 1. The Hall–Kier alpha value is -1.73. The van der Waals surface area contributed by atoms with Gasteiger partial charge in [0.25, 0.3) is 5.91 Å². The Morgan fingerprint density at radius 3 is 3.29 bits per heavy atom. The van der Waals surface area contributed by atoms with Gasteiger partial charge in [-0.15, -0.1) is 16.4 Å². The van der Waals surface area contributed by atoms with Gasteiger partial charge in [-0.3, -0.25) is 4.79 Å². The normalized spacial score (nSPS) is 22.1. The Bertz CT molecular complexity index is 594. The summed E-state index contributed by atoms with van der Waals surface area (Å²) in [7, 11) is 0. The minimum atomic E-state index is -0.145. The molecule has 0 spiro atoms. The summed E-state index contributed by atoms with van der Waals surface area (Å²) in [5, 5.41) is 16.4. The first-order valence-electron chi connectivity index (χ1n) is 7.16. The molecule has 0 aromatic carbocycles. The van der Waals surface area contributed by atoms with Crippen LogP contribution in [0.25, 0.3) is 0 Å². The number of piperidine rings is 1. The molecule has 1 aliphatic rings. The fourth-order valence-electron chi connectivity index (χ4n) is 2.47. The Morgan fingerprint density at radius 1 is 1.62 bits per heavy atom. The van der Waals surface area contributed by atoms with Crippen LogP contribution < -0.4 is 10.6 Å². The van der Waals surface area contributed by atoms with Crippen LogP contribution in [-0.2, 0) is 6.54 Å². The first-order chi connectivity index (χ1) is 10.2. The first-order valence-corrected chi connectivity index (χ1v) is 8.04. The second-order valence-corrected chi connectivity index (χ2v) is 6.46.